The van der Waals surface area contributed by atoms with Gasteiger partial charge in [-0.2, -0.15) is 0 Å². The molecule has 0 heterocycles. The van der Waals surface area contributed by atoms with E-state index in [1.54, 1.807) is 24.3 Å². The molecule has 0 fully saturated rings. The molecule has 0 spiro atoms. The highest BCUT2D eigenvalue weighted by Crippen LogP contribution is 2.44. The van der Waals surface area contributed by atoms with E-state index in [1.807, 2.05) is 48.5 Å². The van der Waals surface area contributed by atoms with Gasteiger partial charge in [-0.1, -0.05) is 72.8 Å². The molecule has 0 saturated carbocycles. The molecule has 6 aromatic carbocycles. The highest BCUT2D eigenvalue weighted by Gasteiger charge is 2.18. The molecule has 0 unspecified atom stereocenters. The van der Waals surface area contributed by atoms with Gasteiger partial charge in [-0.25, -0.2) is 9.59 Å². The first-order chi connectivity index (χ1) is 17.5. The average molecular weight is 469 g/mol. The van der Waals surface area contributed by atoms with E-state index >= 15 is 0 Å². The van der Waals surface area contributed by atoms with Crippen molar-refractivity contribution in [1.82, 2.24) is 0 Å². The van der Waals surface area contributed by atoms with Crippen LogP contribution in [0.5, 0.6) is 0 Å². The van der Waals surface area contributed by atoms with E-state index in [0.29, 0.717) is 0 Å². The molecule has 0 aromatic heterocycles. The highest BCUT2D eigenvalue weighted by atomic mass is 16.4. The summed E-state index contributed by atoms with van der Waals surface area (Å²) in [6.07, 6.45) is 0. The Morgan fingerprint density at radius 2 is 0.806 bits per heavy atom. The van der Waals surface area contributed by atoms with Crippen LogP contribution < -0.4 is 0 Å². The first-order valence-electron chi connectivity index (χ1n) is 11.6. The van der Waals surface area contributed by atoms with E-state index in [1.165, 1.54) is 0 Å². The smallest absolute Gasteiger partial charge is 0.335 e. The second-order valence-electron chi connectivity index (χ2n) is 8.81. The van der Waals surface area contributed by atoms with Crippen molar-refractivity contribution in [3.63, 3.8) is 0 Å². The van der Waals surface area contributed by atoms with Gasteiger partial charge < -0.3 is 10.2 Å². The Labute approximate surface area is 206 Å². The number of hydrogen-bond donors (Lipinski definition) is 2. The van der Waals surface area contributed by atoms with Crippen LogP contribution in [0.1, 0.15) is 20.7 Å². The third kappa shape index (κ3) is 3.48. The number of rotatable bonds is 4. The fourth-order valence-corrected chi connectivity index (χ4v) is 5.04. The first kappa shape index (κ1) is 21.6. The van der Waals surface area contributed by atoms with Crippen LogP contribution in [0, 0.1) is 0 Å². The molecule has 6 rings (SSSR count). The van der Waals surface area contributed by atoms with E-state index in [2.05, 4.69) is 36.4 Å². The number of carboxylic acid groups (broad SMARTS) is 2. The van der Waals surface area contributed by atoms with Crippen LogP contribution in [-0.4, -0.2) is 22.2 Å². The zero-order valence-corrected chi connectivity index (χ0v) is 19.1. The van der Waals surface area contributed by atoms with Gasteiger partial charge >= 0.3 is 11.9 Å². The van der Waals surface area contributed by atoms with Crippen LogP contribution in [0.25, 0.3) is 54.6 Å². The summed E-state index contributed by atoms with van der Waals surface area (Å²) in [6, 6.07) is 34.7. The van der Waals surface area contributed by atoms with Gasteiger partial charge in [-0.3, -0.25) is 0 Å². The fourth-order valence-electron chi connectivity index (χ4n) is 5.04. The summed E-state index contributed by atoms with van der Waals surface area (Å²) in [4.78, 5) is 22.9. The molecular formula is C32H20O4. The van der Waals surface area contributed by atoms with E-state index in [-0.39, 0.29) is 11.1 Å². The van der Waals surface area contributed by atoms with Crippen LogP contribution in [0.15, 0.2) is 109 Å². The summed E-state index contributed by atoms with van der Waals surface area (Å²) in [5.74, 6) is -1.91. The molecule has 0 bridgehead atoms. The molecule has 0 atom stereocenters. The van der Waals surface area contributed by atoms with Crippen LogP contribution in [-0.2, 0) is 0 Å². The van der Waals surface area contributed by atoms with Gasteiger partial charge in [0.1, 0.15) is 0 Å². The molecule has 0 aliphatic carbocycles. The fraction of sp³-hybridized carbons (Fsp3) is 0. The van der Waals surface area contributed by atoms with E-state index in [4.69, 9.17) is 0 Å². The van der Waals surface area contributed by atoms with Crippen molar-refractivity contribution in [2.45, 2.75) is 0 Å². The van der Waals surface area contributed by atoms with E-state index in [9.17, 15) is 19.8 Å². The van der Waals surface area contributed by atoms with Crippen molar-refractivity contribution in [2.24, 2.45) is 0 Å². The maximum Gasteiger partial charge on any atom is 0.335 e. The minimum Gasteiger partial charge on any atom is -0.478 e. The normalized spacial score (nSPS) is 11.2. The number of carboxylic acids is 2. The number of aromatic carboxylic acids is 2. The molecule has 0 radical (unpaired) electrons. The zero-order valence-electron chi connectivity index (χ0n) is 19.1. The molecule has 0 amide bonds. The minimum absolute atomic E-state index is 0.243. The first-order valence-corrected chi connectivity index (χ1v) is 11.6. The molecule has 172 valence electrons. The number of benzene rings is 6. The van der Waals surface area contributed by atoms with Gasteiger partial charge in [0.25, 0.3) is 0 Å². The molecule has 6 aromatic rings. The molecule has 0 saturated heterocycles. The van der Waals surface area contributed by atoms with Crippen molar-refractivity contribution in [3.8, 4) is 22.3 Å². The molecular weight excluding hydrogens is 448 g/mol. The van der Waals surface area contributed by atoms with Crippen molar-refractivity contribution < 1.29 is 19.8 Å². The summed E-state index contributed by atoms with van der Waals surface area (Å²) in [5.41, 5.74) is 4.43. The van der Waals surface area contributed by atoms with Gasteiger partial charge in [-0.05, 0) is 91.0 Å². The summed E-state index contributed by atoms with van der Waals surface area (Å²) < 4.78 is 0. The highest BCUT2D eigenvalue weighted by molar-refractivity contribution is 6.23. The van der Waals surface area contributed by atoms with Crippen LogP contribution in [0.2, 0.25) is 0 Å². The van der Waals surface area contributed by atoms with Gasteiger partial charge in [0, 0.05) is 0 Å². The third-order valence-electron chi connectivity index (χ3n) is 6.73. The maximum absolute atomic E-state index is 11.5. The lowest BCUT2D eigenvalue weighted by Crippen LogP contribution is -1.97. The lowest BCUT2D eigenvalue weighted by molar-refractivity contribution is 0.0686. The Balaban J connectivity index is 1.76. The van der Waals surface area contributed by atoms with Crippen LogP contribution >= 0.6 is 0 Å². The second-order valence-corrected chi connectivity index (χ2v) is 8.81. The van der Waals surface area contributed by atoms with Crippen molar-refractivity contribution in [1.29, 1.82) is 0 Å². The van der Waals surface area contributed by atoms with Crippen molar-refractivity contribution >= 4 is 44.3 Å². The monoisotopic (exact) mass is 468 g/mol. The van der Waals surface area contributed by atoms with Gasteiger partial charge in [-0.15, -0.1) is 0 Å². The van der Waals surface area contributed by atoms with Crippen molar-refractivity contribution in [3.05, 3.63) is 120 Å². The SMILES string of the molecule is O=C(O)c1ccc(-c2c3ccccc3c(-c3ccc(C(=O)O)cc3)c3cc4ccccc4cc23)cc1. The summed E-state index contributed by atoms with van der Waals surface area (Å²) in [7, 11) is 0. The van der Waals surface area contributed by atoms with E-state index in [0.717, 1.165) is 54.6 Å². The molecule has 4 nitrogen and oxygen atoms in total. The predicted octanol–water partition coefficient (Wildman–Crippen LogP) is 7.88. The van der Waals surface area contributed by atoms with Crippen molar-refractivity contribution in [2.75, 3.05) is 0 Å². The summed E-state index contributed by atoms with van der Waals surface area (Å²) in [5, 5.41) is 25.2. The summed E-state index contributed by atoms with van der Waals surface area (Å²) >= 11 is 0. The Kier molecular flexibility index (Phi) is 5.01. The molecule has 4 heteroatoms. The number of carbonyl (C=O) groups is 2. The third-order valence-corrected chi connectivity index (χ3v) is 6.73. The second kappa shape index (κ2) is 8.36. The number of hydrogen-bond acceptors (Lipinski definition) is 2. The average Bonchev–Trinajstić information content (AvgIpc) is 2.90. The van der Waals surface area contributed by atoms with Crippen LogP contribution in [0.4, 0.5) is 0 Å². The molecule has 0 aliphatic heterocycles. The van der Waals surface area contributed by atoms with Gasteiger partial charge in [0.15, 0.2) is 0 Å². The quantitative estimate of drug-likeness (QED) is 0.258. The molecule has 2 N–H and O–H groups in total. The predicted molar refractivity (Wildman–Crippen MR) is 144 cm³/mol. The minimum atomic E-state index is -0.956. The van der Waals surface area contributed by atoms with Gasteiger partial charge in [0.2, 0.25) is 0 Å². The lowest BCUT2D eigenvalue weighted by atomic mass is 9.84. The van der Waals surface area contributed by atoms with E-state index < -0.39 is 11.9 Å². The Bertz CT molecular complexity index is 1680. The topological polar surface area (TPSA) is 74.6 Å². The molecule has 36 heavy (non-hydrogen) atoms. The largest absolute Gasteiger partial charge is 0.478 e. The van der Waals surface area contributed by atoms with Crippen LogP contribution in [0.3, 0.4) is 0 Å². The lowest BCUT2D eigenvalue weighted by Gasteiger charge is -2.19. The summed E-state index contributed by atoms with van der Waals surface area (Å²) in [6.45, 7) is 0. The zero-order chi connectivity index (χ0) is 24.8. The standard InChI is InChI=1S/C32H20O4/c33-31(34)21-13-9-19(10-14-21)29-25-7-3-4-8-26(25)30(20-11-15-22(16-12-20)32(35)36)28-18-24-6-2-1-5-23(24)17-27(28)29/h1-18H,(H,33,34)(H,35,36). The Morgan fingerprint density at radius 1 is 0.444 bits per heavy atom. The van der Waals surface area contributed by atoms with Gasteiger partial charge in [0.05, 0.1) is 11.1 Å². The molecule has 0 aliphatic rings. The number of fused-ring (bicyclic) bond motifs is 3. The Morgan fingerprint density at radius 3 is 1.17 bits per heavy atom. The Hall–Kier alpha value is -4.96. The maximum atomic E-state index is 11.5.